The molecule has 0 amide bonds. The Morgan fingerprint density at radius 3 is 2.44 bits per heavy atom. The number of rotatable bonds is 9. The summed E-state index contributed by atoms with van der Waals surface area (Å²) in [6, 6.07) is 1.67. The van der Waals surface area contributed by atoms with Crippen molar-refractivity contribution in [2.45, 2.75) is 44.9 Å². The van der Waals surface area contributed by atoms with Gasteiger partial charge in [-0.3, -0.25) is 14.3 Å². The van der Waals surface area contributed by atoms with E-state index in [4.69, 9.17) is 16.3 Å². The topological polar surface area (TPSA) is 125 Å². The number of anilines is 1. The molecule has 0 aliphatic heterocycles. The van der Waals surface area contributed by atoms with E-state index in [1.165, 1.54) is 12.4 Å². The highest BCUT2D eigenvalue weighted by atomic mass is 35.5. The minimum absolute atomic E-state index is 0.0992. The largest absolute Gasteiger partial charge is 0.383 e. The zero-order chi connectivity index (χ0) is 23.5. The average Bonchev–Trinajstić information content (AvgIpc) is 3.16. The summed E-state index contributed by atoms with van der Waals surface area (Å²) in [6.07, 6.45) is 6.28. The third-order valence-electron chi connectivity index (χ3n) is 5.15. The fourth-order valence-corrected chi connectivity index (χ4v) is 4.56. The van der Waals surface area contributed by atoms with E-state index < -0.39 is 21.2 Å². The molecular weight excluding hydrogens is 454 g/mol. The van der Waals surface area contributed by atoms with Crippen molar-refractivity contribution >= 4 is 27.6 Å². The number of nitrogens with zero attached hydrogens (tertiary/aromatic N) is 6. The minimum Gasteiger partial charge on any atom is -0.383 e. The summed E-state index contributed by atoms with van der Waals surface area (Å²) in [4.78, 5) is 12.5. The lowest BCUT2D eigenvalue weighted by Crippen LogP contribution is -2.32. The fourth-order valence-electron chi connectivity index (χ4n) is 3.22. The highest BCUT2D eigenvalue weighted by Gasteiger charge is 2.32. The van der Waals surface area contributed by atoms with Crippen LogP contribution in [0.4, 0.5) is 5.95 Å². The van der Waals surface area contributed by atoms with Gasteiger partial charge in [0.2, 0.25) is 16.0 Å². The lowest BCUT2D eigenvalue weighted by atomic mass is 10.1. The Labute approximate surface area is 192 Å². The van der Waals surface area contributed by atoms with Gasteiger partial charge in [0.1, 0.15) is 5.82 Å². The van der Waals surface area contributed by atoms with Crippen LogP contribution in [-0.4, -0.2) is 57.1 Å². The van der Waals surface area contributed by atoms with Crippen molar-refractivity contribution in [3.63, 3.8) is 0 Å². The lowest BCUT2D eigenvalue weighted by Gasteiger charge is -2.22. The van der Waals surface area contributed by atoms with E-state index in [0.29, 0.717) is 23.3 Å². The molecule has 0 saturated heterocycles. The van der Waals surface area contributed by atoms with E-state index in [-0.39, 0.29) is 12.0 Å². The summed E-state index contributed by atoms with van der Waals surface area (Å²) in [5.74, 6) is 0.485. The highest BCUT2D eigenvalue weighted by Crippen LogP contribution is 2.28. The molecule has 0 spiro atoms. The highest BCUT2D eigenvalue weighted by molar-refractivity contribution is 7.93. The maximum Gasteiger partial charge on any atom is 0.238 e. The number of pyridine rings is 1. The van der Waals surface area contributed by atoms with Crippen molar-refractivity contribution in [3.8, 4) is 11.4 Å². The summed E-state index contributed by atoms with van der Waals surface area (Å²) in [5, 5.41) is 7.90. The van der Waals surface area contributed by atoms with Crippen LogP contribution in [0.2, 0.25) is 5.02 Å². The van der Waals surface area contributed by atoms with Crippen LogP contribution in [0.1, 0.15) is 44.1 Å². The Morgan fingerprint density at radius 2 is 1.81 bits per heavy atom. The fraction of sp³-hybridized carbons (Fsp3) is 0.450. The number of hydrogen-bond donors (Lipinski definition) is 1. The molecule has 3 unspecified atom stereocenters. The molecule has 0 bridgehead atoms. The van der Waals surface area contributed by atoms with Crippen LogP contribution >= 0.6 is 11.6 Å². The van der Waals surface area contributed by atoms with Crippen molar-refractivity contribution < 1.29 is 13.2 Å². The molecule has 3 heterocycles. The Balaban J connectivity index is 1.95. The second-order valence-electron chi connectivity index (χ2n) is 7.67. The molecule has 172 valence electrons. The third-order valence-corrected chi connectivity index (χ3v) is 7.20. The van der Waals surface area contributed by atoms with Crippen molar-refractivity contribution in [2.75, 3.05) is 18.4 Å². The van der Waals surface area contributed by atoms with E-state index in [1.807, 2.05) is 19.9 Å². The average molecular weight is 480 g/mol. The van der Waals surface area contributed by atoms with Gasteiger partial charge in [0.05, 0.1) is 22.9 Å². The number of aryl methyl sites for hydroxylation is 1. The summed E-state index contributed by atoms with van der Waals surface area (Å²) in [5.41, 5.74) is 1.67. The predicted octanol–water partition coefficient (Wildman–Crippen LogP) is 3.23. The molecule has 12 heteroatoms. The number of aromatic nitrogens is 6. The molecule has 10 nitrogen and oxygen atoms in total. The van der Waals surface area contributed by atoms with Gasteiger partial charge in [-0.25, -0.2) is 18.4 Å². The van der Waals surface area contributed by atoms with Crippen LogP contribution in [0.15, 0.2) is 30.9 Å². The first-order valence-corrected chi connectivity index (χ1v) is 11.9. The SMILES string of the molecule is COCC(C)n1c(NS(=O)(=O)C(C)C(C)c2ncc(Cl)cn2)nnc1-c1cncc(C)c1. The van der Waals surface area contributed by atoms with Crippen molar-refractivity contribution in [3.05, 3.63) is 47.3 Å². The number of methoxy groups -OCH3 is 1. The maximum absolute atomic E-state index is 13.2. The van der Waals surface area contributed by atoms with Gasteiger partial charge in [0.15, 0.2) is 5.82 Å². The second-order valence-corrected chi connectivity index (χ2v) is 10.1. The Kier molecular flexibility index (Phi) is 7.42. The van der Waals surface area contributed by atoms with Crippen LogP contribution in [0.25, 0.3) is 11.4 Å². The zero-order valence-electron chi connectivity index (χ0n) is 18.5. The number of halogens is 1. The lowest BCUT2D eigenvalue weighted by molar-refractivity contribution is 0.163. The molecule has 3 aromatic rings. The van der Waals surface area contributed by atoms with Gasteiger partial charge < -0.3 is 4.74 Å². The van der Waals surface area contributed by atoms with Gasteiger partial charge in [0, 0.05) is 43.4 Å². The van der Waals surface area contributed by atoms with Crippen LogP contribution in [0.5, 0.6) is 0 Å². The monoisotopic (exact) mass is 479 g/mol. The van der Waals surface area contributed by atoms with Crippen LogP contribution in [-0.2, 0) is 14.8 Å². The Bertz CT molecular complexity index is 1170. The quantitative estimate of drug-likeness (QED) is 0.495. The number of hydrogen-bond acceptors (Lipinski definition) is 8. The first kappa shape index (κ1) is 24.0. The third kappa shape index (κ3) is 5.22. The zero-order valence-corrected chi connectivity index (χ0v) is 20.1. The normalized spacial score (nSPS) is 14.7. The molecule has 0 radical (unpaired) electrons. The second kappa shape index (κ2) is 9.88. The summed E-state index contributed by atoms with van der Waals surface area (Å²) >= 11 is 5.84. The number of nitrogens with one attached hydrogen (secondary N) is 1. The molecule has 0 aliphatic rings. The number of sulfonamides is 1. The van der Waals surface area contributed by atoms with Gasteiger partial charge in [-0.1, -0.05) is 18.5 Å². The maximum atomic E-state index is 13.2. The van der Waals surface area contributed by atoms with Gasteiger partial charge in [0.25, 0.3) is 0 Å². The first-order chi connectivity index (χ1) is 15.1. The smallest absolute Gasteiger partial charge is 0.238 e. The van der Waals surface area contributed by atoms with Gasteiger partial charge in [-0.2, -0.15) is 0 Å². The molecule has 3 aromatic heterocycles. The van der Waals surface area contributed by atoms with Crippen LogP contribution in [0.3, 0.4) is 0 Å². The van der Waals surface area contributed by atoms with Crippen LogP contribution in [0, 0.1) is 6.92 Å². The first-order valence-electron chi connectivity index (χ1n) is 9.99. The molecule has 0 saturated carbocycles. The van der Waals surface area contributed by atoms with Crippen molar-refractivity contribution in [1.29, 1.82) is 0 Å². The van der Waals surface area contributed by atoms with E-state index in [0.717, 1.165) is 11.1 Å². The van der Waals surface area contributed by atoms with E-state index in [1.54, 1.807) is 37.9 Å². The molecule has 3 atom stereocenters. The standard InChI is InChI=1S/C20H26ClN7O3S/c1-12-6-16(8-22-7-12)19-25-26-20(28(19)13(2)11-31-5)27-32(29,30)15(4)14(3)18-23-9-17(21)10-24-18/h6-10,13-15H,11H2,1-5H3,(H,26,27). The molecule has 32 heavy (non-hydrogen) atoms. The van der Waals surface area contributed by atoms with Gasteiger partial charge in [-0.15, -0.1) is 10.2 Å². The van der Waals surface area contributed by atoms with E-state index in [9.17, 15) is 8.42 Å². The molecule has 1 N–H and O–H groups in total. The molecule has 0 aromatic carbocycles. The summed E-state index contributed by atoms with van der Waals surface area (Å²) in [6.45, 7) is 7.49. The Hall–Kier alpha value is -2.63. The molecule has 0 fully saturated rings. The van der Waals surface area contributed by atoms with Gasteiger partial charge in [-0.05, 0) is 32.4 Å². The molecule has 3 rings (SSSR count). The van der Waals surface area contributed by atoms with Crippen molar-refractivity contribution in [2.24, 2.45) is 0 Å². The van der Waals surface area contributed by atoms with E-state index in [2.05, 4.69) is 29.9 Å². The predicted molar refractivity (Wildman–Crippen MR) is 122 cm³/mol. The molecule has 0 aliphatic carbocycles. The minimum atomic E-state index is -3.86. The summed E-state index contributed by atoms with van der Waals surface area (Å²) < 4.78 is 36.0. The van der Waals surface area contributed by atoms with Crippen LogP contribution < -0.4 is 4.72 Å². The summed E-state index contributed by atoms with van der Waals surface area (Å²) in [7, 11) is -2.28. The Morgan fingerprint density at radius 1 is 1.12 bits per heavy atom. The number of ether oxygens (including phenoxy) is 1. The van der Waals surface area contributed by atoms with Gasteiger partial charge >= 0.3 is 0 Å². The van der Waals surface area contributed by atoms with E-state index >= 15 is 0 Å². The van der Waals surface area contributed by atoms with Crippen molar-refractivity contribution in [1.82, 2.24) is 29.7 Å². The molecular formula is C20H26ClN7O3S.